The molecule has 4 atom stereocenters. The maximum atomic E-state index is 12.6. The Morgan fingerprint density at radius 1 is 1.40 bits per heavy atom. The normalized spacial score (nSPS) is 36.2. The summed E-state index contributed by atoms with van der Waals surface area (Å²) in [4.78, 5) is 24.1. The molecule has 2 aliphatic rings. The van der Waals surface area contributed by atoms with Gasteiger partial charge >= 0.3 is 0 Å². The van der Waals surface area contributed by atoms with Crippen molar-refractivity contribution in [2.75, 3.05) is 13.7 Å². The molecular formula is C14H25N3O3. The molecule has 0 bridgehead atoms. The van der Waals surface area contributed by atoms with Crippen molar-refractivity contribution in [3.8, 4) is 0 Å². The first-order valence-corrected chi connectivity index (χ1v) is 7.19. The van der Waals surface area contributed by atoms with E-state index in [1.54, 1.807) is 14.0 Å². The topological polar surface area (TPSA) is 93.5 Å². The summed E-state index contributed by atoms with van der Waals surface area (Å²) in [6.07, 6.45) is 1.85. The summed E-state index contributed by atoms with van der Waals surface area (Å²) in [5, 5.41) is 5.25. The monoisotopic (exact) mass is 283 g/mol. The first-order chi connectivity index (χ1) is 9.26. The van der Waals surface area contributed by atoms with Gasteiger partial charge in [0, 0.05) is 25.0 Å². The fraction of sp³-hybridized carbons (Fsp3) is 0.857. The van der Waals surface area contributed by atoms with Crippen molar-refractivity contribution in [2.24, 2.45) is 17.1 Å². The molecule has 2 rings (SSSR count). The van der Waals surface area contributed by atoms with Crippen LogP contribution in [0.1, 0.15) is 33.6 Å². The highest BCUT2D eigenvalue weighted by atomic mass is 16.5. The van der Waals surface area contributed by atoms with Crippen LogP contribution in [-0.2, 0) is 14.3 Å². The van der Waals surface area contributed by atoms with Gasteiger partial charge in [-0.25, -0.2) is 0 Å². The van der Waals surface area contributed by atoms with Gasteiger partial charge < -0.3 is 21.1 Å². The number of hydrogen-bond donors (Lipinski definition) is 3. The first kappa shape index (κ1) is 15.3. The summed E-state index contributed by atoms with van der Waals surface area (Å²) in [6, 6.07) is -0.590. The van der Waals surface area contributed by atoms with E-state index in [1.165, 1.54) is 0 Å². The lowest BCUT2D eigenvalue weighted by atomic mass is 9.46. The second-order valence-corrected chi connectivity index (χ2v) is 6.44. The average Bonchev–Trinajstić information content (AvgIpc) is 2.45. The van der Waals surface area contributed by atoms with Gasteiger partial charge in [0.05, 0.1) is 6.10 Å². The number of nitrogens with two attached hydrogens (primary N) is 1. The van der Waals surface area contributed by atoms with Crippen molar-refractivity contribution in [1.82, 2.24) is 10.6 Å². The van der Waals surface area contributed by atoms with Crippen molar-refractivity contribution in [1.29, 1.82) is 0 Å². The second kappa shape index (κ2) is 5.00. The van der Waals surface area contributed by atoms with Gasteiger partial charge in [-0.05, 0) is 19.8 Å². The smallest absolute Gasteiger partial charge is 0.242 e. The average molecular weight is 283 g/mol. The summed E-state index contributed by atoms with van der Waals surface area (Å²) in [5.74, 6) is -0.455. The van der Waals surface area contributed by atoms with Crippen molar-refractivity contribution >= 4 is 11.8 Å². The van der Waals surface area contributed by atoms with E-state index in [2.05, 4.69) is 10.6 Å². The van der Waals surface area contributed by atoms with Crippen LogP contribution in [0.3, 0.4) is 0 Å². The fourth-order valence-corrected chi connectivity index (χ4v) is 3.63. The molecule has 0 aromatic carbocycles. The zero-order chi connectivity index (χ0) is 15.1. The van der Waals surface area contributed by atoms with Gasteiger partial charge in [0.25, 0.3) is 0 Å². The molecule has 1 heterocycles. The Morgan fingerprint density at radius 3 is 2.65 bits per heavy atom. The molecule has 1 aliphatic heterocycles. The Kier molecular flexibility index (Phi) is 3.81. The van der Waals surface area contributed by atoms with Crippen LogP contribution in [0.25, 0.3) is 0 Å². The highest BCUT2D eigenvalue weighted by Gasteiger charge is 2.70. The highest BCUT2D eigenvalue weighted by Crippen LogP contribution is 2.57. The van der Waals surface area contributed by atoms with E-state index < -0.39 is 17.0 Å². The van der Waals surface area contributed by atoms with Crippen LogP contribution in [0.5, 0.6) is 0 Å². The summed E-state index contributed by atoms with van der Waals surface area (Å²) in [5.41, 5.74) is 5.05. The molecule has 0 aromatic rings. The number of ether oxygens (including phenoxy) is 1. The lowest BCUT2D eigenvalue weighted by molar-refractivity contribution is -0.225. The molecule has 2 amide bonds. The maximum Gasteiger partial charge on any atom is 0.242 e. The quantitative estimate of drug-likeness (QED) is 0.667. The Bertz CT molecular complexity index is 424. The Hall–Kier alpha value is -1.14. The molecule has 1 aliphatic carbocycles. The van der Waals surface area contributed by atoms with Crippen LogP contribution < -0.4 is 16.4 Å². The minimum atomic E-state index is -0.972. The summed E-state index contributed by atoms with van der Waals surface area (Å²) >= 11 is 0. The molecule has 1 saturated carbocycles. The zero-order valence-electron chi connectivity index (χ0n) is 12.7. The molecule has 2 fully saturated rings. The van der Waals surface area contributed by atoms with E-state index in [1.807, 2.05) is 13.8 Å². The maximum absolute atomic E-state index is 12.6. The molecule has 6 heteroatoms. The predicted octanol–water partition coefficient (Wildman–Crippen LogP) is -0.230. The standard InChI is InChI=1S/C14H25N3O3/c1-8(11(18)16-4)17-12(19)14(15)9-6-5-7-20-10(9)13(14,2)3/h8-10H,5-7,15H2,1-4H3,(H,16,18)(H,17,19). The van der Waals surface area contributed by atoms with Gasteiger partial charge in [-0.15, -0.1) is 0 Å². The van der Waals surface area contributed by atoms with Crippen LogP contribution in [-0.4, -0.2) is 43.2 Å². The van der Waals surface area contributed by atoms with Crippen molar-refractivity contribution in [3.05, 3.63) is 0 Å². The van der Waals surface area contributed by atoms with Crippen LogP contribution in [0, 0.1) is 11.3 Å². The lowest BCUT2D eigenvalue weighted by Gasteiger charge is -2.65. The van der Waals surface area contributed by atoms with E-state index in [0.29, 0.717) is 0 Å². The minimum Gasteiger partial charge on any atom is -0.377 e. The number of fused-ring (bicyclic) bond motifs is 1. The van der Waals surface area contributed by atoms with Crippen LogP contribution in [0.2, 0.25) is 0 Å². The fourth-order valence-electron chi connectivity index (χ4n) is 3.63. The first-order valence-electron chi connectivity index (χ1n) is 7.19. The molecule has 0 radical (unpaired) electrons. The summed E-state index contributed by atoms with van der Waals surface area (Å²) < 4.78 is 5.77. The number of amides is 2. The van der Waals surface area contributed by atoms with E-state index in [4.69, 9.17) is 10.5 Å². The predicted molar refractivity (Wildman–Crippen MR) is 74.8 cm³/mol. The molecule has 1 saturated heterocycles. The molecule has 6 nitrogen and oxygen atoms in total. The lowest BCUT2D eigenvalue weighted by Crippen LogP contribution is -2.82. The van der Waals surface area contributed by atoms with Gasteiger partial charge in [-0.3, -0.25) is 9.59 Å². The van der Waals surface area contributed by atoms with E-state index in [0.717, 1.165) is 19.4 Å². The minimum absolute atomic E-state index is 0.0299. The number of nitrogens with one attached hydrogen (secondary N) is 2. The third kappa shape index (κ3) is 1.93. The molecule has 0 aromatic heterocycles. The van der Waals surface area contributed by atoms with Crippen molar-refractivity contribution < 1.29 is 14.3 Å². The third-order valence-corrected chi connectivity index (χ3v) is 5.05. The molecule has 114 valence electrons. The molecule has 4 unspecified atom stereocenters. The zero-order valence-corrected chi connectivity index (χ0v) is 12.7. The number of hydrogen-bond acceptors (Lipinski definition) is 4. The Labute approximate surface area is 119 Å². The van der Waals surface area contributed by atoms with Crippen molar-refractivity contribution in [3.63, 3.8) is 0 Å². The van der Waals surface area contributed by atoms with Gasteiger partial charge in [0.2, 0.25) is 11.8 Å². The second-order valence-electron chi connectivity index (χ2n) is 6.44. The summed E-state index contributed by atoms with van der Waals surface area (Å²) in [7, 11) is 1.54. The van der Waals surface area contributed by atoms with Crippen LogP contribution in [0.15, 0.2) is 0 Å². The number of carbonyl (C=O) groups excluding carboxylic acids is 2. The van der Waals surface area contributed by atoms with Gasteiger partial charge in [-0.1, -0.05) is 13.8 Å². The van der Waals surface area contributed by atoms with Crippen LogP contribution in [0.4, 0.5) is 0 Å². The molecular weight excluding hydrogens is 258 g/mol. The Morgan fingerprint density at radius 2 is 2.05 bits per heavy atom. The van der Waals surface area contributed by atoms with Crippen molar-refractivity contribution in [2.45, 2.75) is 51.3 Å². The third-order valence-electron chi connectivity index (χ3n) is 5.05. The summed E-state index contributed by atoms with van der Waals surface area (Å²) in [6.45, 7) is 6.31. The molecule has 20 heavy (non-hydrogen) atoms. The number of carbonyl (C=O) groups is 2. The van der Waals surface area contributed by atoms with Gasteiger partial charge in [-0.2, -0.15) is 0 Å². The van der Waals surface area contributed by atoms with Gasteiger partial charge in [0.1, 0.15) is 11.6 Å². The molecule has 0 spiro atoms. The van der Waals surface area contributed by atoms with E-state index in [-0.39, 0.29) is 23.8 Å². The SMILES string of the molecule is CNC(=O)C(C)NC(=O)C1(N)C2CCCOC2C1(C)C. The molecule has 4 N–H and O–H groups in total. The highest BCUT2D eigenvalue weighted by molar-refractivity contribution is 5.93. The number of likely N-dealkylation sites (N-methyl/N-ethyl adjacent to an activating group) is 1. The Balaban J connectivity index is 2.13. The van der Waals surface area contributed by atoms with Crippen LogP contribution >= 0.6 is 0 Å². The van der Waals surface area contributed by atoms with Gasteiger partial charge in [0.15, 0.2) is 0 Å². The van der Waals surface area contributed by atoms with E-state index in [9.17, 15) is 9.59 Å². The number of rotatable bonds is 3. The van der Waals surface area contributed by atoms with E-state index >= 15 is 0 Å². The largest absolute Gasteiger partial charge is 0.377 e.